The number of hydrogen-bond acceptors (Lipinski definition) is 3. The fourth-order valence-electron chi connectivity index (χ4n) is 5.57. The SMILES string of the molecule is O=C(O)c1ccc(CCCN(CC(F)(F)F)c2c(CCCc3cccc(Cl)c3)ccc3c2Cc2ccccc2-3)s1. The topological polar surface area (TPSA) is 40.5 Å². The maximum Gasteiger partial charge on any atom is 0.405 e. The Balaban J connectivity index is 1.44. The molecule has 3 aromatic carbocycles. The molecule has 0 saturated carbocycles. The molecule has 0 amide bonds. The molecule has 4 aromatic rings. The second kappa shape index (κ2) is 12.1. The number of anilines is 1. The van der Waals surface area contributed by atoms with Crippen molar-refractivity contribution in [3.8, 4) is 11.1 Å². The van der Waals surface area contributed by atoms with E-state index < -0.39 is 18.7 Å². The van der Waals surface area contributed by atoms with E-state index in [1.54, 1.807) is 12.1 Å². The second-order valence-electron chi connectivity index (χ2n) is 10.1. The molecule has 1 aromatic heterocycles. The van der Waals surface area contributed by atoms with Crippen LogP contribution in [0, 0.1) is 0 Å². The first-order valence-corrected chi connectivity index (χ1v) is 14.5. The van der Waals surface area contributed by atoms with Crippen molar-refractivity contribution in [1.82, 2.24) is 0 Å². The van der Waals surface area contributed by atoms with E-state index in [-0.39, 0.29) is 11.4 Å². The number of carboxylic acids is 1. The van der Waals surface area contributed by atoms with Gasteiger partial charge in [0, 0.05) is 28.6 Å². The highest BCUT2D eigenvalue weighted by Crippen LogP contribution is 2.44. The van der Waals surface area contributed by atoms with Gasteiger partial charge in [-0.2, -0.15) is 13.2 Å². The molecule has 0 spiro atoms. The zero-order chi connectivity index (χ0) is 28.3. The molecule has 0 unspecified atom stereocenters. The van der Waals surface area contributed by atoms with E-state index in [4.69, 9.17) is 11.6 Å². The number of thiophene rings is 1. The van der Waals surface area contributed by atoms with Crippen molar-refractivity contribution >= 4 is 34.6 Å². The molecule has 0 radical (unpaired) electrons. The van der Waals surface area contributed by atoms with Gasteiger partial charge in [0.2, 0.25) is 0 Å². The van der Waals surface area contributed by atoms with Crippen molar-refractivity contribution < 1.29 is 23.1 Å². The number of fused-ring (bicyclic) bond motifs is 3. The molecule has 40 heavy (non-hydrogen) atoms. The van der Waals surface area contributed by atoms with E-state index in [9.17, 15) is 23.1 Å². The van der Waals surface area contributed by atoms with Gasteiger partial charge in [0.25, 0.3) is 0 Å². The number of aromatic carboxylic acids is 1. The maximum atomic E-state index is 14.0. The Morgan fingerprint density at radius 1 is 0.925 bits per heavy atom. The Labute approximate surface area is 240 Å². The number of benzene rings is 3. The molecule has 3 nitrogen and oxygen atoms in total. The van der Waals surface area contributed by atoms with Gasteiger partial charge in [-0.25, -0.2) is 4.79 Å². The lowest BCUT2D eigenvalue weighted by Gasteiger charge is -2.30. The number of halogens is 4. The highest BCUT2D eigenvalue weighted by molar-refractivity contribution is 7.13. The molecular weight excluding hydrogens is 555 g/mol. The highest BCUT2D eigenvalue weighted by Gasteiger charge is 2.34. The van der Waals surface area contributed by atoms with Crippen LogP contribution in [0.2, 0.25) is 5.02 Å². The van der Waals surface area contributed by atoms with E-state index in [1.807, 2.05) is 54.6 Å². The van der Waals surface area contributed by atoms with Crippen LogP contribution in [0.15, 0.2) is 72.8 Å². The number of aryl methyl sites for hydroxylation is 3. The summed E-state index contributed by atoms with van der Waals surface area (Å²) < 4.78 is 41.9. The van der Waals surface area contributed by atoms with E-state index in [0.717, 1.165) is 51.1 Å². The number of alkyl halides is 3. The molecule has 208 valence electrons. The first kappa shape index (κ1) is 28.2. The van der Waals surface area contributed by atoms with E-state index in [1.165, 1.54) is 16.2 Å². The standard InChI is InChI=1S/C32H29ClF3NO2S/c33-24-10-4-7-21(18-24)6-3-9-22-13-15-27-26-12-2-1-8-23(26)19-28(27)30(22)37(20-32(34,35)36)17-5-11-25-14-16-29(40-25)31(38)39/h1-2,4,7-8,10,12-16,18H,3,5-6,9,11,17,19-20H2,(H,38,39). The molecule has 0 aliphatic heterocycles. The van der Waals surface area contributed by atoms with Gasteiger partial charge in [-0.1, -0.05) is 60.1 Å². The van der Waals surface area contributed by atoms with Crippen molar-refractivity contribution in [3.63, 3.8) is 0 Å². The summed E-state index contributed by atoms with van der Waals surface area (Å²) in [6, 6.07) is 23.1. The fourth-order valence-corrected chi connectivity index (χ4v) is 6.67. The van der Waals surface area contributed by atoms with Crippen LogP contribution in [-0.2, 0) is 25.7 Å². The minimum atomic E-state index is -4.37. The predicted molar refractivity (Wildman–Crippen MR) is 156 cm³/mol. The lowest BCUT2D eigenvalue weighted by atomic mass is 9.95. The molecule has 0 atom stereocenters. The molecule has 0 bridgehead atoms. The minimum Gasteiger partial charge on any atom is -0.477 e. The molecule has 1 aliphatic carbocycles. The number of carboxylic acid groups (broad SMARTS) is 1. The first-order valence-electron chi connectivity index (χ1n) is 13.3. The summed E-state index contributed by atoms with van der Waals surface area (Å²) in [4.78, 5) is 13.8. The monoisotopic (exact) mass is 583 g/mol. The van der Waals surface area contributed by atoms with Crippen molar-refractivity contribution in [3.05, 3.63) is 110 Å². The summed E-state index contributed by atoms with van der Waals surface area (Å²) in [5.74, 6) is -0.989. The quantitative estimate of drug-likeness (QED) is 0.169. The van der Waals surface area contributed by atoms with Crippen LogP contribution in [0.25, 0.3) is 11.1 Å². The Morgan fingerprint density at radius 3 is 2.50 bits per heavy atom. The molecule has 0 saturated heterocycles. The number of rotatable bonds is 11. The molecule has 5 rings (SSSR count). The third-order valence-corrected chi connectivity index (χ3v) is 8.62. The molecule has 0 fully saturated rings. The predicted octanol–water partition coefficient (Wildman–Crippen LogP) is 8.85. The summed E-state index contributed by atoms with van der Waals surface area (Å²) in [5.41, 5.74) is 6.87. The highest BCUT2D eigenvalue weighted by atomic mass is 35.5. The molecule has 8 heteroatoms. The summed E-state index contributed by atoms with van der Waals surface area (Å²) in [6.07, 6.45) is -0.560. The first-order chi connectivity index (χ1) is 19.2. The summed E-state index contributed by atoms with van der Waals surface area (Å²) in [6.45, 7) is -0.820. The molecule has 1 N–H and O–H groups in total. The van der Waals surface area contributed by atoms with Crippen LogP contribution in [0.1, 0.15) is 49.6 Å². The van der Waals surface area contributed by atoms with Gasteiger partial charge in [-0.05, 0) is 89.8 Å². The maximum absolute atomic E-state index is 14.0. The van der Waals surface area contributed by atoms with Gasteiger partial charge in [0.15, 0.2) is 0 Å². The normalized spacial score (nSPS) is 12.3. The Hall–Kier alpha value is -3.29. The van der Waals surface area contributed by atoms with Gasteiger partial charge >= 0.3 is 12.1 Å². The van der Waals surface area contributed by atoms with Crippen molar-refractivity contribution in [2.75, 3.05) is 18.0 Å². The van der Waals surface area contributed by atoms with E-state index in [2.05, 4.69) is 6.07 Å². The van der Waals surface area contributed by atoms with Crippen LogP contribution in [0.4, 0.5) is 18.9 Å². The van der Waals surface area contributed by atoms with Crippen LogP contribution in [0.5, 0.6) is 0 Å². The lowest BCUT2D eigenvalue weighted by Crippen LogP contribution is -2.36. The van der Waals surface area contributed by atoms with Crippen LogP contribution in [0.3, 0.4) is 0 Å². The van der Waals surface area contributed by atoms with Gasteiger partial charge in [-0.15, -0.1) is 11.3 Å². The fraction of sp³-hybridized carbons (Fsp3) is 0.281. The van der Waals surface area contributed by atoms with Crippen molar-refractivity contribution in [2.45, 2.75) is 44.7 Å². The van der Waals surface area contributed by atoms with Gasteiger partial charge in [0.1, 0.15) is 11.4 Å². The smallest absolute Gasteiger partial charge is 0.405 e. The Morgan fingerprint density at radius 2 is 1.75 bits per heavy atom. The lowest BCUT2D eigenvalue weighted by molar-refractivity contribution is -0.119. The number of carbonyl (C=O) groups is 1. The molecule has 1 aliphatic rings. The van der Waals surface area contributed by atoms with Crippen LogP contribution >= 0.6 is 22.9 Å². The largest absolute Gasteiger partial charge is 0.477 e. The minimum absolute atomic E-state index is 0.216. The third-order valence-electron chi connectivity index (χ3n) is 7.25. The number of hydrogen-bond donors (Lipinski definition) is 1. The van der Waals surface area contributed by atoms with Gasteiger partial charge in [0.05, 0.1) is 0 Å². The second-order valence-corrected chi connectivity index (χ2v) is 11.7. The summed E-state index contributed by atoms with van der Waals surface area (Å²) >= 11 is 7.32. The third kappa shape index (κ3) is 6.70. The van der Waals surface area contributed by atoms with E-state index in [0.29, 0.717) is 36.4 Å². The molecular formula is C32H29ClF3NO2S. The van der Waals surface area contributed by atoms with E-state index >= 15 is 0 Å². The van der Waals surface area contributed by atoms with Crippen LogP contribution < -0.4 is 4.90 Å². The average molecular weight is 584 g/mol. The summed E-state index contributed by atoms with van der Waals surface area (Å²) in [7, 11) is 0. The Bertz CT molecular complexity index is 1510. The van der Waals surface area contributed by atoms with Gasteiger partial charge in [-0.3, -0.25) is 0 Å². The summed E-state index contributed by atoms with van der Waals surface area (Å²) in [5, 5.41) is 9.88. The molecule has 1 heterocycles. The average Bonchev–Trinajstić information content (AvgIpc) is 3.52. The van der Waals surface area contributed by atoms with Gasteiger partial charge < -0.3 is 10.0 Å². The zero-order valence-electron chi connectivity index (χ0n) is 21.8. The number of nitrogens with zero attached hydrogens (tertiary/aromatic N) is 1. The zero-order valence-corrected chi connectivity index (χ0v) is 23.4. The van der Waals surface area contributed by atoms with Crippen molar-refractivity contribution in [2.24, 2.45) is 0 Å². The van der Waals surface area contributed by atoms with Crippen molar-refractivity contribution in [1.29, 1.82) is 0 Å². The Kier molecular flexibility index (Phi) is 8.52. The van der Waals surface area contributed by atoms with Crippen LogP contribution in [-0.4, -0.2) is 30.3 Å².